The van der Waals surface area contributed by atoms with Crippen molar-refractivity contribution in [3.05, 3.63) is 82.1 Å². The van der Waals surface area contributed by atoms with Gasteiger partial charge in [-0.05, 0) is 23.8 Å². The maximum absolute atomic E-state index is 12.8. The third kappa shape index (κ3) is 4.75. The van der Waals surface area contributed by atoms with Crippen LogP contribution in [0, 0.1) is 0 Å². The number of amides is 1. The van der Waals surface area contributed by atoms with Gasteiger partial charge in [0.25, 0.3) is 5.91 Å². The number of carbonyl (C=O) groups excluding carboxylic acids is 2. The molecule has 9 nitrogen and oxygen atoms in total. The number of hydrogen-bond acceptors (Lipinski definition) is 8. The van der Waals surface area contributed by atoms with Gasteiger partial charge in [-0.3, -0.25) is 9.69 Å². The summed E-state index contributed by atoms with van der Waals surface area (Å²) in [6.07, 6.45) is 2.36. The smallest absolute Gasteiger partial charge is 0.357 e. The highest BCUT2D eigenvalue weighted by Gasteiger charge is 2.37. The fourth-order valence-corrected chi connectivity index (χ4v) is 5.31. The van der Waals surface area contributed by atoms with E-state index in [1.807, 2.05) is 34.5 Å². The van der Waals surface area contributed by atoms with Crippen molar-refractivity contribution in [1.82, 2.24) is 29.8 Å². The Balaban J connectivity index is 0.999. The first-order valence-corrected chi connectivity index (χ1v) is 12.9. The third-order valence-electron chi connectivity index (χ3n) is 6.75. The standard InChI is InChI=1S/C26H26N6O3S/c33-25(24-27-8-13-36-24)31-16-20(17-31)30-9-11-32(12-10-30)35-26(34)19-6-7-21-22(15-19)29-23(28-21)14-18-4-2-1-3-5-18/h1-8,13,15,20H,9-12,14,16-17H2,(H,28,29). The first-order chi connectivity index (χ1) is 17.6. The Hall–Kier alpha value is -3.60. The number of nitrogens with one attached hydrogen (secondary N) is 1. The molecule has 2 aliphatic rings. The van der Waals surface area contributed by atoms with Gasteiger partial charge in [-0.1, -0.05) is 30.3 Å². The zero-order chi connectivity index (χ0) is 24.5. The summed E-state index contributed by atoms with van der Waals surface area (Å²) in [4.78, 5) is 47.1. The van der Waals surface area contributed by atoms with Gasteiger partial charge in [-0.25, -0.2) is 14.8 Å². The second-order valence-corrected chi connectivity index (χ2v) is 10.0. The highest BCUT2D eigenvalue weighted by atomic mass is 32.1. The van der Waals surface area contributed by atoms with Crippen LogP contribution in [0.5, 0.6) is 0 Å². The Morgan fingerprint density at radius 1 is 1.06 bits per heavy atom. The number of aromatic amines is 1. The number of likely N-dealkylation sites (tertiary alicyclic amines) is 1. The van der Waals surface area contributed by atoms with Gasteiger partial charge in [0.2, 0.25) is 0 Å². The molecule has 0 radical (unpaired) electrons. The summed E-state index contributed by atoms with van der Waals surface area (Å²) in [5.41, 5.74) is 3.32. The van der Waals surface area contributed by atoms with Crippen LogP contribution in [0.4, 0.5) is 0 Å². The van der Waals surface area contributed by atoms with Crippen LogP contribution in [0.15, 0.2) is 60.1 Å². The number of aromatic nitrogens is 3. The van der Waals surface area contributed by atoms with Gasteiger partial charge in [0.1, 0.15) is 5.82 Å². The van der Waals surface area contributed by atoms with Crippen molar-refractivity contribution in [1.29, 1.82) is 0 Å². The Labute approximate surface area is 212 Å². The summed E-state index contributed by atoms with van der Waals surface area (Å²) < 4.78 is 0. The Kier molecular flexibility index (Phi) is 6.22. The van der Waals surface area contributed by atoms with E-state index in [-0.39, 0.29) is 11.9 Å². The zero-order valence-corrected chi connectivity index (χ0v) is 20.5. The van der Waals surface area contributed by atoms with Crippen LogP contribution in [0.1, 0.15) is 31.5 Å². The lowest BCUT2D eigenvalue weighted by Gasteiger charge is -2.47. The Morgan fingerprint density at radius 3 is 2.61 bits per heavy atom. The molecule has 2 fully saturated rings. The van der Waals surface area contributed by atoms with Crippen molar-refractivity contribution in [3.8, 4) is 0 Å². The number of carbonyl (C=O) groups is 2. The van der Waals surface area contributed by atoms with Gasteiger partial charge in [-0.15, -0.1) is 16.4 Å². The number of hydroxylamine groups is 2. The fourth-order valence-electron chi connectivity index (χ4n) is 4.71. The molecular formula is C26H26N6O3S. The van der Waals surface area contributed by atoms with E-state index >= 15 is 0 Å². The minimum Gasteiger partial charge on any atom is -0.364 e. The first kappa shape index (κ1) is 22.8. The zero-order valence-electron chi connectivity index (χ0n) is 19.7. The molecule has 184 valence electrons. The van der Waals surface area contributed by atoms with E-state index in [4.69, 9.17) is 4.84 Å². The molecule has 2 aromatic heterocycles. The highest BCUT2D eigenvalue weighted by Crippen LogP contribution is 2.21. The van der Waals surface area contributed by atoms with Crippen molar-refractivity contribution in [2.24, 2.45) is 0 Å². The Morgan fingerprint density at radius 2 is 1.86 bits per heavy atom. The van der Waals surface area contributed by atoms with Crippen molar-refractivity contribution in [2.45, 2.75) is 12.5 Å². The highest BCUT2D eigenvalue weighted by molar-refractivity contribution is 7.11. The molecule has 0 atom stereocenters. The molecule has 1 amide bonds. The molecule has 0 unspecified atom stereocenters. The second kappa shape index (κ2) is 9.81. The summed E-state index contributed by atoms with van der Waals surface area (Å²) in [6.45, 7) is 4.29. The van der Waals surface area contributed by atoms with Gasteiger partial charge in [0.15, 0.2) is 5.01 Å². The van der Waals surface area contributed by atoms with Crippen molar-refractivity contribution in [2.75, 3.05) is 39.3 Å². The molecule has 0 bridgehead atoms. The molecule has 6 rings (SSSR count). The van der Waals surface area contributed by atoms with Crippen LogP contribution in [0.2, 0.25) is 0 Å². The quantitative estimate of drug-likeness (QED) is 0.433. The van der Waals surface area contributed by atoms with E-state index in [1.165, 1.54) is 16.9 Å². The fraction of sp³-hybridized carbons (Fsp3) is 0.308. The minimum atomic E-state index is -0.367. The lowest BCUT2D eigenvalue weighted by molar-refractivity contribution is -0.138. The normalized spacial score (nSPS) is 17.3. The van der Waals surface area contributed by atoms with E-state index in [2.05, 4.69) is 32.0 Å². The summed E-state index contributed by atoms with van der Waals surface area (Å²) in [5, 5.41) is 4.10. The lowest BCUT2D eigenvalue weighted by atomic mass is 10.1. The number of benzene rings is 2. The van der Waals surface area contributed by atoms with E-state index in [0.29, 0.717) is 49.2 Å². The van der Waals surface area contributed by atoms with Gasteiger partial charge < -0.3 is 14.7 Å². The molecule has 2 aromatic carbocycles. The molecule has 0 spiro atoms. The number of imidazole rings is 1. The first-order valence-electron chi connectivity index (χ1n) is 12.0. The van der Waals surface area contributed by atoms with Crippen LogP contribution in [-0.4, -0.2) is 87.0 Å². The predicted octanol–water partition coefficient (Wildman–Crippen LogP) is 2.82. The number of hydrogen-bond donors (Lipinski definition) is 1. The van der Waals surface area contributed by atoms with Gasteiger partial charge in [0.05, 0.1) is 16.6 Å². The predicted molar refractivity (Wildman–Crippen MR) is 136 cm³/mol. The average molecular weight is 503 g/mol. The number of nitrogens with zero attached hydrogens (tertiary/aromatic N) is 5. The third-order valence-corrected chi connectivity index (χ3v) is 7.51. The molecular weight excluding hydrogens is 476 g/mol. The summed E-state index contributed by atoms with van der Waals surface area (Å²) in [5.74, 6) is 0.504. The Bertz CT molecular complexity index is 1360. The van der Waals surface area contributed by atoms with Crippen LogP contribution in [-0.2, 0) is 11.3 Å². The van der Waals surface area contributed by atoms with E-state index < -0.39 is 0 Å². The molecule has 10 heteroatoms. The summed E-state index contributed by atoms with van der Waals surface area (Å²) in [6, 6.07) is 15.9. The van der Waals surface area contributed by atoms with Crippen LogP contribution < -0.4 is 0 Å². The van der Waals surface area contributed by atoms with E-state index in [0.717, 1.165) is 29.9 Å². The molecule has 0 aliphatic carbocycles. The maximum Gasteiger partial charge on any atom is 0.357 e. The van der Waals surface area contributed by atoms with Crippen LogP contribution in [0.25, 0.3) is 11.0 Å². The number of fused-ring (bicyclic) bond motifs is 1. The van der Waals surface area contributed by atoms with Crippen LogP contribution in [0.3, 0.4) is 0 Å². The molecule has 2 saturated heterocycles. The largest absolute Gasteiger partial charge is 0.364 e. The molecule has 36 heavy (non-hydrogen) atoms. The average Bonchev–Trinajstić information content (AvgIpc) is 3.54. The van der Waals surface area contributed by atoms with Gasteiger partial charge in [-0.2, -0.15) is 0 Å². The topological polar surface area (TPSA) is 94.7 Å². The lowest BCUT2D eigenvalue weighted by Crippen LogP contribution is -2.64. The molecule has 0 saturated carbocycles. The molecule has 4 heterocycles. The number of rotatable bonds is 6. The molecule has 2 aliphatic heterocycles. The summed E-state index contributed by atoms with van der Waals surface area (Å²) in [7, 11) is 0. The molecule has 1 N–H and O–H groups in total. The van der Waals surface area contributed by atoms with Crippen molar-refractivity contribution in [3.63, 3.8) is 0 Å². The van der Waals surface area contributed by atoms with Crippen molar-refractivity contribution < 1.29 is 14.4 Å². The number of thiazole rings is 1. The maximum atomic E-state index is 12.8. The summed E-state index contributed by atoms with van der Waals surface area (Å²) >= 11 is 1.37. The van der Waals surface area contributed by atoms with Gasteiger partial charge >= 0.3 is 5.97 Å². The van der Waals surface area contributed by atoms with Crippen molar-refractivity contribution >= 4 is 34.2 Å². The number of H-pyrrole nitrogens is 1. The second-order valence-electron chi connectivity index (χ2n) is 9.12. The monoisotopic (exact) mass is 502 g/mol. The van der Waals surface area contributed by atoms with E-state index in [1.54, 1.807) is 23.4 Å². The number of piperazine rings is 1. The SMILES string of the molecule is O=C(ON1CCN(C2CN(C(=O)c3nccs3)C2)CC1)c1ccc2nc(Cc3ccccc3)[nH]c2c1. The van der Waals surface area contributed by atoms with E-state index in [9.17, 15) is 9.59 Å². The van der Waals surface area contributed by atoms with Crippen LogP contribution >= 0.6 is 11.3 Å². The molecule has 4 aromatic rings. The minimum absolute atomic E-state index is 0.00948. The van der Waals surface area contributed by atoms with Gasteiger partial charge in [0, 0.05) is 63.3 Å².